The number of carbonyl (C=O) groups excluding carboxylic acids is 1. The van der Waals surface area contributed by atoms with Crippen molar-refractivity contribution in [3.63, 3.8) is 0 Å². The monoisotopic (exact) mass is 267 g/mol. The fourth-order valence-electron chi connectivity index (χ4n) is 1.54. The van der Waals surface area contributed by atoms with Crippen LogP contribution in [-0.2, 0) is 6.42 Å². The van der Waals surface area contributed by atoms with E-state index < -0.39 is 17.5 Å². The van der Waals surface area contributed by atoms with Crippen molar-refractivity contribution in [1.82, 2.24) is 5.32 Å². The van der Waals surface area contributed by atoms with Gasteiger partial charge < -0.3 is 5.32 Å². The first-order valence-electron chi connectivity index (χ1n) is 5.40. The van der Waals surface area contributed by atoms with E-state index in [1.807, 2.05) is 16.8 Å². The van der Waals surface area contributed by atoms with Crippen LogP contribution >= 0.6 is 11.3 Å². The van der Waals surface area contributed by atoms with Gasteiger partial charge in [-0.05, 0) is 40.9 Å². The summed E-state index contributed by atoms with van der Waals surface area (Å²) in [5, 5.41) is 6.58. The van der Waals surface area contributed by atoms with Gasteiger partial charge >= 0.3 is 0 Å². The van der Waals surface area contributed by atoms with E-state index in [0.717, 1.165) is 23.8 Å². The predicted octanol–water partition coefficient (Wildman–Crippen LogP) is 3.00. The molecule has 2 nitrogen and oxygen atoms in total. The van der Waals surface area contributed by atoms with E-state index in [2.05, 4.69) is 5.32 Å². The molecule has 0 aliphatic rings. The lowest BCUT2D eigenvalue weighted by Gasteiger charge is -2.04. The normalized spacial score (nSPS) is 10.3. The molecule has 94 valence electrons. The highest BCUT2D eigenvalue weighted by Gasteiger charge is 2.08. The fourth-order valence-corrected chi connectivity index (χ4v) is 2.25. The summed E-state index contributed by atoms with van der Waals surface area (Å²) in [5.41, 5.74) is 1.13. The molecule has 1 aromatic carbocycles. The van der Waals surface area contributed by atoms with Crippen LogP contribution in [0.1, 0.15) is 15.9 Å². The molecule has 0 aliphatic heterocycles. The number of benzene rings is 1. The van der Waals surface area contributed by atoms with E-state index >= 15 is 0 Å². The van der Waals surface area contributed by atoms with Crippen LogP contribution in [0.4, 0.5) is 8.78 Å². The van der Waals surface area contributed by atoms with Gasteiger partial charge in [0.1, 0.15) is 11.6 Å². The van der Waals surface area contributed by atoms with Crippen LogP contribution in [0.25, 0.3) is 0 Å². The Morgan fingerprint density at radius 3 is 2.56 bits per heavy atom. The zero-order valence-corrected chi connectivity index (χ0v) is 10.3. The molecule has 0 unspecified atom stereocenters. The van der Waals surface area contributed by atoms with Crippen LogP contribution in [0, 0.1) is 11.6 Å². The minimum Gasteiger partial charge on any atom is -0.352 e. The fraction of sp³-hybridized carbons (Fsp3) is 0.154. The van der Waals surface area contributed by atoms with Crippen molar-refractivity contribution in [2.75, 3.05) is 6.54 Å². The standard InChI is InChI=1S/C13H11F2NOS/c14-11-5-10(6-12(15)7-11)13(17)16-3-1-9-2-4-18-8-9/h2,4-8H,1,3H2,(H,16,17). The Morgan fingerprint density at radius 2 is 1.94 bits per heavy atom. The van der Waals surface area contributed by atoms with Gasteiger partial charge in [-0.1, -0.05) is 0 Å². The highest BCUT2D eigenvalue weighted by molar-refractivity contribution is 7.07. The maximum Gasteiger partial charge on any atom is 0.251 e. The Bertz CT molecular complexity index is 520. The topological polar surface area (TPSA) is 29.1 Å². The zero-order chi connectivity index (χ0) is 13.0. The van der Waals surface area contributed by atoms with E-state index in [1.54, 1.807) is 11.3 Å². The summed E-state index contributed by atoms with van der Waals surface area (Å²) in [6.45, 7) is 0.438. The Labute approximate surface area is 107 Å². The van der Waals surface area contributed by atoms with Crippen molar-refractivity contribution in [1.29, 1.82) is 0 Å². The lowest BCUT2D eigenvalue weighted by Crippen LogP contribution is -2.25. The highest BCUT2D eigenvalue weighted by Crippen LogP contribution is 2.08. The second-order valence-electron chi connectivity index (χ2n) is 3.80. The van der Waals surface area contributed by atoms with Crippen molar-refractivity contribution in [2.24, 2.45) is 0 Å². The Kier molecular flexibility index (Phi) is 4.04. The van der Waals surface area contributed by atoms with Gasteiger partial charge in [-0.2, -0.15) is 11.3 Å². The summed E-state index contributed by atoms with van der Waals surface area (Å²) < 4.78 is 25.8. The first-order chi connectivity index (χ1) is 8.65. The number of rotatable bonds is 4. The van der Waals surface area contributed by atoms with Gasteiger partial charge in [0.2, 0.25) is 0 Å². The van der Waals surface area contributed by atoms with Crippen LogP contribution in [0.15, 0.2) is 35.0 Å². The number of carbonyl (C=O) groups is 1. The SMILES string of the molecule is O=C(NCCc1ccsc1)c1cc(F)cc(F)c1. The molecule has 1 amide bonds. The number of amides is 1. The third kappa shape index (κ3) is 3.37. The third-order valence-electron chi connectivity index (χ3n) is 2.40. The van der Waals surface area contributed by atoms with Crippen LogP contribution < -0.4 is 5.32 Å². The second-order valence-corrected chi connectivity index (χ2v) is 4.58. The maximum absolute atomic E-state index is 12.9. The molecule has 1 N–H and O–H groups in total. The van der Waals surface area contributed by atoms with E-state index in [9.17, 15) is 13.6 Å². The third-order valence-corrected chi connectivity index (χ3v) is 3.14. The number of hydrogen-bond acceptors (Lipinski definition) is 2. The lowest BCUT2D eigenvalue weighted by atomic mass is 10.2. The highest BCUT2D eigenvalue weighted by atomic mass is 32.1. The molecule has 0 atom stereocenters. The maximum atomic E-state index is 12.9. The molecule has 0 saturated carbocycles. The largest absolute Gasteiger partial charge is 0.352 e. The molecule has 1 heterocycles. The van der Waals surface area contributed by atoms with Crippen molar-refractivity contribution < 1.29 is 13.6 Å². The molecule has 0 fully saturated rings. The zero-order valence-electron chi connectivity index (χ0n) is 9.45. The quantitative estimate of drug-likeness (QED) is 0.906. The van der Waals surface area contributed by atoms with E-state index in [-0.39, 0.29) is 5.56 Å². The number of halogens is 2. The summed E-state index contributed by atoms with van der Waals surface area (Å²) in [5.74, 6) is -1.97. The Hall–Kier alpha value is -1.75. The Morgan fingerprint density at radius 1 is 1.22 bits per heavy atom. The average molecular weight is 267 g/mol. The van der Waals surface area contributed by atoms with Gasteiger partial charge in [0, 0.05) is 18.2 Å². The summed E-state index contributed by atoms with van der Waals surface area (Å²) in [6.07, 6.45) is 0.701. The van der Waals surface area contributed by atoms with Gasteiger partial charge in [0.25, 0.3) is 5.91 Å². The summed E-state index contributed by atoms with van der Waals surface area (Å²) in [4.78, 5) is 11.6. The molecule has 0 spiro atoms. The predicted molar refractivity (Wildman–Crippen MR) is 66.7 cm³/mol. The van der Waals surface area contributed by atoms with Crippen LogP contribution in [0.5, 0.6) is 0 Å². The van der Waals surface area contributed by atoms with E-state index in [1.165, 1.54) is 0 Å². The van der Waals surface area contributed by atoms with Gasteiger partial charge in [-0.3, -0.25) is 4.79 Å². The van der Waals surface area contributed by atoms with Crippen molar-refractivity contribution >= 4 is 17.2 Å². The molecule has 0 aliphatic carbocycles. The summed E-state index contributed by atoms with van der Waals surface area (Å²) >= 11 is 1.59. The molecule has 0 bridgehead atoms. The van der Waals surface area contributed by atoms with Crippen LogP contribution in [0.2, 0.25) is 0 Å². The molecular weight excluding hydrogens is 256 g/mol. The first kappa shape index (κ1) is 12.7. The molecule has 0 radical (unpaired) electrons. The van der Waals surface area contributed by atoms with Gasteiger partial charge in [-0.15, -0.1) is 0 Å². The average Bonchev–Trinajstić information content (AvgIpc) is 2.80. The first-order valence-corrected chi connectivity index (χ1v) is 6.35. The minimum atomic E-state index is -0.752. The molecule has 18 heavy (non-hydrogen) atoms. The molecule has 0 saturated heterocycles. The van der Waals surface area contributed by atoms with E-state index in [0.29, 0.717) is 13.0 Å². The minimum absolute atomic E-state index is 0.00202. The molecular formula is C13H11F2NOS. The molecule has 2 rings (SSSR count). The van der Waals surface area contributed by atoms with E-state index in [4.69, 9.17) is 0 Å². The molecule has 5 heteroatoms. The smallest absolute Gasteiger partial charge is 0.251 e. The second kappa shape index (κ2) is 5.73. The van der Waals surface area contributed by atoms with Gasteiger partial charge in [-0.25, -0.2) is 8.78 Å². The van der Waals surface area contributed by atoms with Gasteiger partial charge in [0.15, 0.2) is 0 Å². The van der Waals surface area contributed by atoms with Crippen molar-refractivity contribution in [2.45, 2.75) is 6.42 Å². The molecule has 2 aromatic rings. The number of thiophene rings is 1. The summed E-state index contributed by atoms with van der Waals surface area (Å²) in [6, 6.07) is 4.74. The van der Waals surface area contributed by atoms with Crippen LogP contribution in [0.3, 0.4) is 0 Å². The number of nitrogens with one attached hydrogen (secondary N) is 1. The Balaban J connectivity index is 1.91. The lowest BCUT2D eigenvalue weighted by molar-refractivity contribution is 0.0953. The van der Waals surface area contributed by atoms with Crippen LogP contribution in [-0.4, -0.2) is 12.5 Å². The summed E-state index contributed by atoms with van der Waals surface area (Å²) in [7, 11) is 0. The number of hydrogen-bond donors (Lipinski definition) is 1. The van der Waals surface area contributed by atoms with Crippen molar-refractivity contribution in [3.05, 3.63) is 57.8 Å². The van der Waals surface area contributed by atoms with Gasteiger partial charge in [0.05, 0.1) is 0 Å². The molecule has 1 aromatic heterocycles. The van der Waals surface area contributed by atoms with Crippen molar-refractivity contribution in [3.8, 4) is 0 Å².